The number of hydrogen-bond donors (Lipinski definition) is 1. The van der Waals surface area contributed by atoms with Crippen LogP contribution in [0.2, 0.25) is 0 Å². The lowest BCUT2D eigenvalue weighted by Crippen LogP contribution is -2.25. The summed E-state index contributed by atoms with van der Waals surface area (Å²) >= 11 is 0. The van der Waals surface area contributed by atoms with Crippen LogP contribution in [0, 0.1) is 6.92 Å². The Kier molecular flexibility index (Phi) is 5.18. The minimum absolute atomic E-state index is 0.163. The van der Waals surface area contributed by atoms with Crippen LogP contribution in [-0.2, 0) is 13.6 Å². The summed E-state index contributed by atoms with van der Waals surface area (Å²) in [6, 6.07) is 15.5. The van der Waals surface area contributed by atoms with E-state index in [1.165, 1.54) is 0 Å². The number of rotatable bonds is 5. The van der Waals surface area contributed by atoms with Gasteiger partial charge in [-0.15, -0.1) is 0 Å². The zero-order chi connectivity index (χ0) is 21.3. The number of pyridine rings is 2. The molecule has 3 heterocycles. The van der Waals surface area contributed by atoms with Gasteiger partial charge in [-0.05, 0) is 19.1 Å². The molecule has 3 aromatic heterocycles. The van der Waals surface area contributed by atoms with Crippen molar-refractivity contribution in [3.05, 3.63) is 71.5 Å². The van der Waals surface area contributed by atoms with Crippen molar-refractivity contribution in [1.29, 1.82) is 0 Å². The molecule has 4 aromatic rings. The standard InChI is InChI=1S/C23H24N6O/c1-15-20-18(23(30)25-14-17-11-8-12-24-21(17)28(2)3)13-19(16-9-6-5-7-10-16)26-22(20)29(4)27-15/h5-13H,14H2,1-4H3,(H,25,30). The van der Waals surface area contributed by atoms with Gasteiger partial charge in [-0.1, -0.05) is 36.4 Å². The number of hydrogen-bond acceptors (Lipinski definition) is 5. The van der Waals surface area contributed by atoms with E-state index < -0.39 is 0 Å². The highest BCUT2D eigenvalue weighted by Gasteiger charge is 2.19. The number of carbonyl (C=O) groups excluding carboxylic acids is 1. The molecular formula is C23H24N6O. The highest BCUT2D eigenvalue weighted by Crippen LogP contribution is 2.27. The van der Waals surface area contributed by atoms with Gasteiger partial charge in [-0.25, -0.2) is 9.97 Å². The smallest absolute Gasteiger partial charge is 0.252 e. The summed E-state index contributed by atoms with van der Waals surface area (Å²) in [5.74, 6) is 0.671. The topological polar surface area (TPSA) is 75.9 Å². The summed E-state index contributed by atoms with van der Waals surface area (Å²) in [6.45, 7) is 2.28. The average molecular weight is 400 g/mol. The largest absolute Gasteiger partial charge is 0.362 e. The van der Waals surface area contributed by atoms with Crippen molar-refractivity contribution < 1.29 is 4.79 Å². The fraction of sp³-hybridized carbons (Fsp3) is 0.217. The summed E-state index contributed by atoms with van der Waals surface area (Å²) in [5, 5.41) is 8.30. The van der Waals surface area contributed by atoms with Crippen molar-refractivity contribution in [2.75, 3.05) is 19.0 Å². The monoisotopic (exact) mass is 400 g/mol. The maximum absolute atomic E-state index is 13.2. The predicted octanol–water partition coefficient (Wildman–Crippen LogP) is 3.33. The quantitative estimate of drug-likeness (QED) is 0.556. The van der Waals surface area contributed by atoms with Crippen molar-refractivity contribution in [3.63, 3.8) is 0 Å². The molecule has 0 unspecified atom stereocenters. The Morgan fingerprint density at radius 1 is 1.13 bits per heavy atom. The molecule has 1 aromatic carbocycles. The molecule has 0 saturated carbocycles. The second-order valence-corrected chi connectivity index (χ2v) is 7.39. The fourth-order valence-electron chi connectivity index (χ4n) is 3.62. The van der Waals surface area contributed by atoms with Gasteiger partial charge in [0.1, 0.15) is 5.82 Å². The summed E-state index contributed by atoms with van der Waals surface area (Å²) < 4.78 is 1.72. The van der Waals surface area contributed by atoms with Crippen LogP contribution < -0.4 is 10.2 Å². The molecule has 0 aliphatic rings. The Labute approximate surface area is 175 Å². The number of anilines is 1. The van der Waals surface area contributed by atoms with Crippen LogP contribution in [-0.4, -0.2) is 39.8 Å². The lowest BCUT2D eigenvalue weighted by atomic mass is 10.0. The molecular weight excluding hydrogens is 376 g/mol. The SMILES string of the molecule is Cc1nn(C)c2nc(-c3ccccc3)cc(C(=O)NCc3cccnc3N(C)C)c12. The molecule has 0 bridgehead atoms. The molecule has 0 spiro atoms. The van der Waals surface area contributed by atoms with Gasteiger partial charge in [-0.3, -0.25) is 9.48 Å². The third kappa shape index (κ3) is 3.61. The summed E-state index contributed by atoms with van der Waals surface area (Å²) in [7, 11) is 5.72. The number of nitrogens with one attached hydrogen (secondary N) is 1. The van der Waals surface area contributed by atoms with Crippen molar-refractivity contribution >= 4 is 22.8 Å². The van der Waals surface area contributed by atoms with E-state index in [4.69, 9.17) is 4.98 Å². The lowest BCUT2D eigenvalue weighted by Gasteiger charge is -2.16. The van der Waals surface area contributed by atoms with Crippen LogP contribution in [0.4, 0.5) is 5.82 Å². The fourth-order valence-corrected chi connectivity index (χ4v) is 3.62. The van der Waals surface area contributed by atoms with E-state index in [0.717, 1.165) is 33.7 Å². The van der Waals surface area contributed by atoms with E-state index in [9.17, 15) is 4.79 Å². The molecule has 152 valence electrons. The van der Waals surface area contributed by atoms with E-state index in [1.54, 1.807) is 10.9 Å². The molecule has 0 atom stereocenters. The number of fused-ring (bicyclic) bond motifs is 1. The van der Waals surface area contributed by atoms with E-state index in [1.807, 2.05) is 81.5 Å². The van der Waals surface area contributed by atoms with Crippen LogP contribution in [0.5, 0.6) is 0 Å². The lowest BCUT2D eigenvalue weighted by molar-refractivity contribution is 0.0952. The van der Waals surface area contributed by atoms with E-state index in [0.29, 0.717) is 17.8 Å². The number of nitrogens with zero attached hydrogens (tertiary/aromatic N) is 5. The molecule has 1 N–H and O–H groups in total. The number of carbonyl (C=O) groups is 1. The van der Waals surface area contributed by atoms with Crippen molar-refractivity contribution in [2.24, 2.45) is 7.05 Å². The Morgan fingerprint density at radius 2 is 1.90 bits per heavy atom. The summed E-state index contributed by atoms with van der Waals surface area (Å²) in [4.78, 5) is 24.4. The Balaban J connectivity index is 1.73. The first-order valence-corrected chi connectivity index (χ1v) is 9.75. The van der Waals surface area contributed by atoms with E-state index >= 15 is 0 Å². The van der Waals surface area contributed by atoms with Crippen LogP contribution in [0.15, 0.2) is 54.7 Å². The first kappa shape index (κ1) is 19.6. The number of benzene rings is 1. The predicted molar refractivity (Wildman–Crippen MR) is 118 cm³/mol. The van der Waals surface area contributed by atoms with Crippen LogP contribution in [0.1, 0.15) is 21.6 Å². The van der Waals surface area contributed by atoms with Gasteiger partial charge in [0, 0.05) is 45.0 Å². The molecule has 7 heteroatoms. The maximum atomic E-state index is 13.2. The Bertz CT molecular complexity index is 1210. The minimum Gasteiger partial charge on any atom is -0.362 e. The first-order valence-electron chi connectivity index (χ1n) is 9.75. The highest BCUT2D eigenvalue weighted by atomic mass is 16.1. The van der Waals surface area contributed by atoms with Crippen molar-refractivity contribution in [1.82, 2.24) is 25.1 Å². The normalized spacial score (nSPS) is 10.9. The second kappa shape index (κ2) is 7.94. The number of amides is 1. The Hall–Kier alpha value is -3.74. The molecule has 4 rings (SSSR count). The van der Waals surface area contributed by atoms with Gasteiger partial charge in [0.25, 0.3) is 5.91 Å². The third-order valence-corrected chi connectivity index (χ3v) is 5.01. The van der Waals surface area contributed by atoms with E-state index in [2.05, 4.69) is 15.4 Å². The first-order chi connectivity index (χ1) is 14.5. The van der Waals surface area contributed by atoms with Gasteiger partial charge in [-0.2, -0.15) is 5.10 Å². The van der Waals surface area contributed by atoms with Crippen LogP contribution >= 0.6 is 0 Å². The molecule has 0 fully saturated rings. The van der Waals surface area contributed by atoms with Gasteiger partial charge in [0.05, 0.1) is 22.3 Å². The second-order valence-electron chi connectivity index (χ2n) is 7.39. The summed E-state index contributed by atoms with van der Waals surface area (Å²) in [5.41, 5.74) is 4.68. The molecule has 0 aliphatic heterocycles. The van der Waals surface area contributed by atoms with Crippen LogP contribution in [0.25, 0.3) is 22.3 Å². The average Bonchev–Trinajstić information content (AvgIpc) is 3.05. The van der Waals surface area contributed by atoms with Crippen molar-refractivity contribution in [3.8, 4) is 11.3 Å². The summed E-state index contributed by atoms with van der Waals surface area (Å²) in [6.07, 6.45) is 1.75. The number of aryl methyl sites for hydroxylation is 2. The zero-order valence-electron chi connectivity index (χ0n) is 17.5. The molecule has 30 heavy (non-hydrogen) atoms. The Morgan fingerprint density at radius 3 is 2.63 bits per heavy atom. The van der Waals surface area contributed by atoms with Gasteiger partial charge in [0.2, 0.25) is 0 Å². The molecule has 0 aliphatic carbocycles. The third-order valence-electron chi connectivity index (χ3n) is 5.01. The maximum Gasteiger partial charge on any atom is 0.252 e. The number of aromatic nitrogens is 4. The molecule has 7 nitrogen and oxygen atoms in total. The zero-order valence-corrected chi connectivity index (χ0v) is 17.5. The van der Waals surface area contributed by atoms with Gasteiger partial charge in [0.15, 0.2) is 5.65 Å². The molecule has 1 amide bonds. The van der Waals surface area contributed by atoms with Crippen LogP contribution in [0.3, 0.4) is 0 Å². The van der Waals surface area contributed by atoms with Gasteiger partial charge >= 0.3 is 0 Å². The van der Waals surface area contributed by atoms with E-state index in [-0.39, 0.29) is 5.91 Å². The van der Waals surface area contributed by atoms with Gasteiger partial charge < -0.3 is 10.2 Å². The molecule has 0 saturated heterocycles. The minimum atomic E-state index is -0.163. The molecule has 0 radical (unpaired) electrons. The van der Waals surface area contributed by atoms with Crippen molar-refractivity contribution in [2.45, 2.75) is 13.5 Å². The highest BCUT2D eigenvalue weighted by molar-refractivity contribution is 6.07.